The van der Waals surface area contributed by atoms with Gasteiger partial charge in [-0.3, -0.25) is 25.0 Å². The minimum absolute atomic E-state index is 0.163. The Balaban J connectivity index is 1.95. The summed E-state index contributed by atoms with van der Waals surface area (Å²) in [6, 6.07) is 10.2. The summed E-state index contributed by atoms with van der Waals surface area (Å²) in [5.74, 6) is 0.325. The van der Waals surface area contributed by atoms with Gasteiger partial charge in [-0.25, -0.2) is 0 Å². The van der Waals surface area contributed by atoms with E-state index in [1.165, 1.54) is 19.1 Å². The molecule has 0 saturated heterocycles. The van der Waals surface area contributed by atoms with Gasteiger partial charge >= 0.3 is 0 Å². The van der Waals surface area contributed by atoms with Crippen LogP contribution in [0.4, 0.5) is 22.7 Å². The molecular formula is C16H16N4O6. The number of nitro groups is 2. The Morgan fingerprint density at radius 3 is 2.54 bits per heavy atom. The fraction of sp³-hybridized carbons (Fsp3) is 0.188. The van der Waals surface area contributed by atoms with Crippen LogP contribution in [0, 0.1) is 20.2 Å². The molecule has 0 fully saturated rings. The summed E-state index contributed by atoms with van der Waals surface area (Å²) >= 11 is 0. The Bertz CT molecular complexity index is 839. The van der Waals surface area contributed by atoms with E-state index in [2.05, 4.69) is 10.6 Å². The summed E-state index contributed by atoms with van der Waals surface area (Å²) in [6.07, 6.45) is 0. The fourth-order valence-corrected chi connectivity index (χ4v) is 2.16. The first kappa shape index (κ1) is 18.6. The Labute approximate surface area is 148 Å². The van der Waals surface area contributed by atoms with Crippen LogP contribution in [0.2, 0.25) is 0 Å². The van der Waals surface area contributed by atoms with Gasteiger partial charge in [0.25, 0.3) is 11.4 Å². The van der Waals surface area contributed by atoms with Crippen molar-refractivity contribution >= 4 is 28.7 Å². The molecule has 0 aromatic heterocycles. The Morgan fingerprint density at radius 2 is 1.88 bits per heavy atom. The Morgan fingerprint density at radius 1 is 1.12 bits per heavy atom. The van der Waals surface area contributed by atoms with Crippen LogP contribution in [0.5, 0.6) is 5.75 Å². The lowest BCUT2D eigenvalue weighted by molar-refractivity contribution is -0.393. The molecule has 0 aliphatic heterocycles. The number of hydrogen-bond acceptors (Lipinski definition) is 7. The molecule has 0 saturated carbocycles. The number of nitrogens with one attached hydrogen (secondary N) is 2. The van der Waals surface area contributed by atoms with Crippen LogP contribution in [0.1, 0.15) is 6.92 Å². The van der Waals surface area contributed by atoms with Crippen molar-refractivity contribution in [3.8, 4) is 5.75 Å². The standard InChI is InChI=1S/C16H16N4O6/c1-11(21)18-12-3-2-4-14(9-12)26-8-7-17-15-6-5-13(19(22)23)10-16(15)20(24)25/h2-6,9-10,17H,7-8H2,1H3,(H,18,21). The van der Waals surface area contributed by atoms with Gasteiger partial charge in [-0.15, -0.1) is 0 Å². The van der Waals surface area contributed by atoms with Crippen LogP contribution >= 0.6 is 0 Å². The molecule has 0 aliphatic rings. The lowest BCUT2D eigenvalue weighted by Gasteiger charge is -2.10. The average molecular weight is 360 g/mol. The number of ether oxygens (including phenoxy) is 1. The third kappa shape index (κ3) is 5.16. The molecule has 26 heavy (non-hydrogen) atoms. The van der Waals surface area contributed by atoms with Crippen LogP contribution in [0.25, 0.3) is 0 Å². The predicted octanol–water partition coefficient (Wildman–Crippen LogP) is 2.95. The van der Waals surface area contributed by atoms with E-state index in [4.69, 9.17) is 4.74 Å². The lowest BCUT2D eigenvalue weighted by Crippen LogP contribution is -2.13. The molecule has 0 aliphatic carbocycles. The van der Waals surface area contributed by atoms with Crippen molar-refractivity contribution < 1.29 is 19.4 Å². The Hall–Kier alpha value is -3.69. The number of nitro benzene ring substituents is 2. The molecule has 2 rings (SSSR count). The van der Waals surface area contributed by atoms with Crippen molar-refractivity contribution in [1.82, 2.24) is 0 Å². The largest absolute Gasteiger partial charge is 0.492 e. The summed E-state index contributed by atoms with van der Waals surface area (Å²) in [7, 11) is 0. The van der Waals surface area contributed by atoms with Crippen molar-refractivity contribution in [2.75, 3.05) is 23.8 Å². The van der Waals surface area contributed by atoms with Gasteiger partial charge in [0.2, 0.25) is 5.91 Å². The summed E-state index contributed by atoms with van der Waals surface area (Å²) in [6.45, 7) is 1.83. The predicted molar refractivity (Wildman–Crippen MR) is 94.5 cm³/mol. The van der Waals surface area contributed by atoms with E-state index in [1.807, 2.05) is 0 Å². The second-order valence-corrected chi connectivity index (χ2v) is 5.20. The average Bonchev–Trinajstić information content (AvgIpc) is 2.58. The first-order chi connectivity index (χ1) is 12.4. The lowest BCUT2D eigenvalue weighted by atomic mass is 10.2. The third-order valence-corrected chi connectivity index (χ3v) is 3.23. The SMILES string of the molecule is CC(=O)Nc1cccc(OCCNc2ccc([N+](=O)[O-])cc2[N+](=O)[O-])c1. The molecule has 1 amide bonds. The second kappa shape index (κ2) is 8.42. The minimum Gasteiger partial charge on any atom is -0.492 e. The molecule has 0 unspecified atom stereocenters. The zero-order chi connectivity index (χ0) is 19.1. The smallest absolute Gasteiger partial charge is 0.299 e. The summed E-state index contributed by atoms with van der Waals surface area (Å²) in [5, 5.41) is 27.2. The zero-order valence-corrected chi connectivity index (χ0v) is 13.8. The number of amides is 1. The summed E-state index contributed by atoms with van der Waals surface area (Å²) < 4.78 is 5.52. The monoisotopic (exact) mass is 360 g/mol. The molecule has 2 aromatic rings. The van der Waals surface area contributed by atoms with E-state index < -0.39 is 9.85 Å². The number of non-ortho nitro benzene ring substituents is 1. The highest BCUT2D eigenvalue weighted by Crippen LogP contribution is 2.28. The van der Waals surface area contributed by atoms with Crippen molar-refractivity contribution in [1.29, 1.82) is 0 Å². The van der Waals surface area contributed by atoms with Crippen LogP contribution in [-0.4, -0.2) is 28.9 Å². The molecule has 0 heterocycles. The van der Waals surface area contributed by atoms with Crippen LogP contribution < -0.4 is 15.4 Å². The number of carbonyl (C=O) groups excluding carboxylic acids is 1. The molecule has 2 aromatic carbocycles. The topological polar surface area (TPSA) is 137 Å². The number of benzene rings is 2. The Kier molecular flexibility index (Phi) is 6.04. The molecule has 2 N–H and O–H groups in total. The van der Waals surface area contributed by atoms with Gasteiger partial charge in [-0.05, 0) is 18.2 Å². The van der Waals surface area contributed by atoms with Gasteiger partial charge in [0.05, 0.1) is 15.9 Å². The van der Waals surface area contributed by atoms with E-state index in [0.29, 0.717) is 11.4 Å². The van der Waals surface area contributed by atoms with Gasteiger partial charge in [-0.2, -0.15) is 0 Å². The highest BCUT2D eigenvalue weighted by Gasteiger charge is 2.19. The highest BCUT2D eigenvalue weighted by atomic mass is 16.6. The number of anilines is 2. The molecule has 10 heteroatoms. The van der Waals surface area contributed by atoms with Crippen molar-refractivity contribution in [2.45, 2.75) is 6.92 Å². The van der Waals surface area contributed by atoms with E-state index in [1.54, 1.807) is 24.3 Å². The first-order valence-corrected chi connectivity index (χ1v) is 7.54. The molecule has 10 nitrogen and oxygen atoms in total. The summed E-state index contributed by atoms with van der Waals surface area (Å²) in [5.41, 5.74) is 0.0188. The maximum absolute atomic E-state index is 11.1. The summed E-state index contributed by atoms with van der Waals surface area (Å²) in [4.78, 5) is 31.4. The number of carbonyl (C=O) groups is 1. The van der Waals surface area contributed by atoms with E-state index in [9.17, 15) is 25.0 Å². The molecule has 0 radical (unpaired) electrons. The zero-order valence-electron chi connectivity index (χ0n) is 13.8. The van der Waals surface area contributed by atoms with Crippen LogP contribution in [0.15, 0.2) is 42.5 Å². The third-order valence-electron chi connectivity index (χ3n) is 3.23. The van der Waals surface area contributed by atoms with E-state index in [0.717, 1.165) is 6.07 Å². The first-order valence-electron chi connectivity index (χ1n) is 7.54. The number of rotatable bonds is 8. The molecule has 0 bridgehead atoms. The quantitative estimate of drug-likeness (QED) is 0.419. The number of hydrogen-bond donors (Lipinski definition) is 2. The molecular weight excluding hydrogens is 344 g/mol. The van der Waals surface area contributed by atoms with Crippen LogP contribution in [-0.2, 0) is 4.79 Å². The number of nitrogens with zero attached hydrogens (tertiary/aromatic N) is 2. The second-order valence-electron chi connectivity index (χ2n) is 5.20. The van der Waals surface area contributed by atoms with E-state index in [-0.39, 0.29) is 36.1 Å². The fourth-order valence-electron chi connectivity index (χ4n) is 2.16. The molecule has 0 spiro atoms. The van der Waals surface area contributed by atoms with Gasteiger partial charge in [-0.1, -0.05) is 6.07 Å². The van der Waals surface area contributed by atoms with Gasteiger partial charge in [0.1, 0.15) is 18.0 Å². The van der Waals surface area contributed by atoms with Crippen molar-refractivity contribution in [3.63, 3.8) is 0 Å². The molecule has 0 atom stereocenters. The maximum Gasteiger partial charge on any atom is 0.299 e. The maximum atomic E-state index is 11.1. The minimum atomic E-state index is -0.693. The van der Waals surface area contributed by atoms with Gasteiger partial charge in [0.15, 0.2) is 0 Å². The highest BCUT2D eigenvalue weighted by molar-refractivity contribution is 5.88. The van der Waals surface area contributed by atoms with Crippen LogP contribution in [0.3, 0.4) is 0 Å². The van der Waals surface area contributed by atoms with Crippen molar-refractivity contribution in [2.24, 2.45) is 0 Å². The van der Waals surface area contributed by atoms with Gasteiger partial charge in [0, 0.05) is 31.3 Å². The van der Waals surface area contributed by atoms with Crippen molar-refractivity contribution in [3.05, 3.63) is 62.7 Å². The molecule has 136 valence electrons. The van der Waals surface area contributed by atoms with Gasteiger partial charge < -0.3 is 15.4 Å². The normalized spacial score (nSPS) is 10.0. The van der Waals surface area contributed by atoms with E-state index >= 15 is 0 Å².